The highest BCUT2D eigenvalue weighted by atomic mass is 16.5. The van der Waals surface area contributed by atoms with Gasteiger partial charge in [0.2, 0.25) is 0 Å². The number of ether oxygens (including phenoxy) is 1. The fourth-order valence-corrected chi connectivity index (χ4v) is 1.23. The van der Waals surface area contributed by atoms with Crippen molar-refractivity contribution in [1.82, 2.24) is 4.90 Å². The lowest BCUT2D eigenvalue weighted by Gasteiger charge is -2.28. The number of hydrogen-bond donors (Lipinski definition) is 0. The van der Waals surface area contributed by atoms with Crippen molar-refractivity contribution in [2.24, 2.45) is 0 Å². The van der Waals surface area contributed by atoms with Crippen LogP contribution in [0, 0.1) is 11.8 Å². The van der Waals surface area contributed by atoms with Crippen LogP contribution in [0.25, 0.3) is 0 Å². The molecule has 0 rings (SSSR count). The van der Waals surface area contributed by atoms with Crippen LogP contribution in [0.1, 0.15) is 27.7 Å². The van der Waals surface area contributed by atoms with Crippen LogP contribution in [0.15, 0.2) is 0 Å². The first kappa shape index (κ1) is 12.5. The Morgan fingerprint density at radius 3 is 2.00 bits per heavy atom. The van der Waals surface area contributed by atoms with Crippen molar-refractivity contribution in [3.05, 3.63) is 0 Å². The second-order valence-corrected chi connectivity index (χ2v) is 3.65. The summed E-state index contributed by atoms with van der Waals surface area (Å²) in [5.74, 6) is 6.06. The predicted molar refractivity (Wildman–Crippen MR) is 56.6 cm³/mol. The normalized spacial score (nSPS) is 10.8. The quantitative estimate of drug-likeness (QED) is 0.616. The second kappa shape index (κ2) is 6.94. The van der Waals surface area contributed by atoms with E-state index in [1.165, 1.54) is 0 Å². The van der Waals surface area contributed by atoms with Gasteiger partial charge in [-0.05, 0) is 27.7 Å². The SMILES string of the molecule is COCC#CCN(C(C)C)C(C)C. The lowest BCUT2D eigenvalue weighted by molar-refractivity contribution is 0.199. The minimum absolute atomic E-state index is 0.532. The molecule has 0 saturated heterocycles. The van der Waals surface area contributed by atoms with E-state index in [1.54, 1.807) is 7.11 Å². The monoisotopic (exact) mass is 183 g/mol. The molecule has 76 valence electrons. The second-order valence-electron chi connectivity index (χ2n) is 3.65. The van der Waals surface area contributed by atoms with E-state index in [4.69, 9.17) is 4.74 Å². The van der Waals surface area contributed by atoms with Crippen LogP contribution in [0.2, 0.25) is 0 Å². The Morgan fingerprint density at radius 2 is 1.62 bits per heavy atom. The summed E-state index contributed by atoms with van der Waals surface area (Å²) in [5.41, 5.74) is 0. The third kappa shape index (κ3) is 5.68. The lowest BCUT2D eigenvalue weighted by atomic mass is 10.2. The molecule has 0 aliphatic rings. The molecule has 0 unspecified atom stereocenters. The molecule has 0 saturated carbocycles. The van der Waals surface area contributed by atoms with Gasteiger partial charge in [0, 0.05) is 19.2 Å². The Labute approximate surface area is 82.3 Å². The minimum Gasteiger partial charge on any atom is -0.372 e. The number of methoxy groups -OCH3 is 1. The van der Waals surface area contributed by atoms with Gasteiger partial charge >= 0.3 is 0 Å². The van der Waals surface area contributed by atoms with Gasteiger partial charge in [-0.2, -0.15) is 0 Å². The van der Waals surface area contributed by atoms with Crippen molar-refractivity contribution in [2.45, 2.75) is 39.8 Å². The van der Waals surface area contributed by atoms with Gasteiger partial charge in [-0.15, -0.1) is 0 Å². The van der Waals surface area contributed by atoms with Gasteiger partial charge in [0.25, 0.3) is 0 Å². The molecular formula is C11H21NO. The molecule has 0 aliphatic heterocycles. The molecule has 0 heterocycles. The third-order valence-corrected chi connectivity index (χ3v) is 1.93. The van der Waals surface area contributed by atoms with Gasteiger partial charge < -0.3 is 4.74 Å². The number of rotatable bonds is 4. The van der Waals surface area contributed by atoms with Gasteiger partial charge in [-0.25, -0.2) is 0 Å². The molecule has 0 amide bonds. The average molecular weight is 183 g/mol. The Balaban J connectivity index is 3.92. The Bertz CT molecular complexity index is 168. The highest BCUT2D eigenvalue weighted by Gasteiger charge is 2.10. The Morgan fingerprint density at radius 1 is 1.08 bits per heavy atom. The fourth-order valence-electron chi connectivity index (χ4n) is 1.23. The van der Waals surface area contributed by atoms with Crippen molar-refractivity contribution in [1.29, 1.82) is 0 Å². The van der Waals surface area contributed by atoms with Gasteiger partial charge in [-0.1, -0.05) is 11.8 Å². The van der Waals surface area contributed by atoms with E-state index in [-0.39, 0.29) is 0 Å². The first-order chi connectivity index (χ1) is 6.09. The summed E-state index contributed by atoms with van der Waals surface area (Å²) in [7, 11) is 1.66. The summed E-state index contributed by atoms with van der Waals surface area (Å²) >= 11 is 0. The van der Waals surface area contributed by atoms with E-state index >= 15 is 0 Å². The molecule has 0 aromatic heterocycles. The van der Waals surface area contributed by atoms with E-state index in [9.17, 15) is 0 Å². The topological polar surface area (TPSA) is 12.5 Å². The molecule has 0 atom stereocenters. The van der Waals surface area contributed by atoms with Crippen molar-refractivity contribution in [3.63, 3.8) is 0 Å². The first-order valence-electron chi connectivity index (χ1n) is 4.80. The van der Waals surface area contributed by atoms with Crippen molar-refractivity contribution >= 4 is 0 Å². The van der Waals surface area contributed by atoms with Crippen LogP contribution in [0.4, 0.5) is 0 Å². The van der Waals surface area contributed by atoms with Crippen LogP contribution in [0.5, 0.6) is 0 Å². The maximum absolute atomic E-state index is 4.85. The van der Waals surface area contributed by atoms with E-state index in [2.05, 4.69) is 44.4 Å². The van der Waals surface area contributed by atoms with E-state index in [0.29, 0.717) is 18.7 Å². The van der Waals surface area contributed by atoms with Crippen molar-refractivity contribution < 1.29 is 4.74 Å². The smallest absolute Gasteiger partial charge is 0.107 e. The molecule has 0 radical (unpaired) electrons. The van der Waals surface area contributed by atoms with Gasteiger partial charge in [0.15, 0.2) is 0 Å². The van der Waals surface area contributed by atoms with Gasteiger partial charge in [0.1, 0.15) is 6.61 Å². The standard InChI is InChI=1S/C11H21NO/c1-10(2)12(11(3)4)8-6-7-9-13-5/h10-11H,8-9H2,1-5H3. The maximum Gasteiger partial charge on any atom is 0.107 e. The molecule has 2 nitrogen and oxygen atoms in total. The molecule has 0 aromatic carbocycles. The summed E-state index contributed by atoms with van der Waals surface area (Å²) in [4.78, 5) is 2.35. The zero-order valence-corrected chi connectivity index (χ0v) is 9.42. The van der Waals surface area contributed by atoms with Crippen LogP contribution in [-0.2, 0) is 4.74 Å². The third-order valence-electron chi connectivity index (χ3n) is 1.93. The van der Waals surface area contributed by atoms with Crippen LogP contribution >= 0.6 is 0 Å². The summed E-state index contributed by atoms with van der Waals surface area (Å²) in [5, 5.41) is 0. The summed E-state index contributed by atoms with van der Waals surface area (Å²) in [6.45, 7) is 10.1. The van der Waals surface area contributed by atoms with Crippen molar-refractivity contribution in [3.8, 4) is 11.8 Å². The average Bonchev–Trinajstić information content (AvgIpc) is 2.02. The van der Waals surface area contributed by atoms with Crippen LogP contribution in [-0.4, -0.2) is 37.2 Å². The van der Waals surface area contributed by atoms with Gasteiger partial charge in [-0.3, -0.25) is 4.90 Å². The Kier molecular flexibility index (Phi) is 6.66. The zero-order chi connectivity index (χ0) is 10.3. The molecule has 2 heteroatoms. The zero-order valence-electron chi connectivity index (χ0n) is 9.42. The summed E-state index contributed by atoms with van der Waals surface area (Å²) < 4.78 is 4.85. The predicted octanol–water partition coefficient (Wildman–Crippen LogP) is 1.75. The molecule has 0 bridgehead atoms. The van der Waals surface area contributed by atoms with E-state index < -0.39 is 0 Å². The molecule has 0 fully saturated rings. The molecule has 0 aromatic rings. The van der Waals surface area contributed by atoms with Crippen LogP contribution in [0.3, 0.4) is 0 Å². The molecule has 0 spiro atoms. The molecule has 0 N–H and O–H groups in total. The fraction of sp³-hybridized carbons (Fsp3) is 0.818. The Hall–Kier alpha value is -0.520. The maximum atomic E-state index is 4.85. The molecule has 0 aliphatic carbocycles. The van der Waals surface area contributed by atoms with E-state index in [0.717, 1.165) is 6.54 Å². The highest BCUT2D eigenvalue weighted by Crippen LogP contribution is 2.02. The molecule has 13 heavy (non-hydrogen) atoms. The number of nitrogens with zero attached hydrogens (tertiary/aromatic N) is 1. The largest absolute Gasteiger partial charge is 0.372 e. The number of hydrogen-bond acceptors (Lipinski definition) is 2. The van der Waals surface area contributed by atoms with Crippen molar-refractivity contribution in [2.75, 3.05) is 20.3 Å². The van der Waals surface area contributed by atoms with E-state index in [1.807, 2.05) is 0 Å². The minimum atomic E-state index is 0.532. The highest BCUT2D eigenvalue weighted by molar-refractivity contribution is 5.02. The summed E-state index contributed by atoms with van der Waals surface area (Å²) in [6, 6.07) is 1.11. The first-order valence-corrected chi connectivity index (χ1v) is 4.80. The van der Waals surface area contributed by atoms with Crippen LogP contribution < -0.4 is 0 Å². The molecular weight excluding hydrogens is 162 g/mol. The van der Waals surface area contributed by atoms with Gasteiger partial charge in [0.05, 0.1) is 6.54 Å². The summed E-state index contributed by atoms with van der Waals surface area (Å²) in [6.07, 6.45) is 0. The lowest BCUT2D eigenvalue weighted by Crippen LogP contribution is -2.37.